The molecule has 0 saturated carbocycles. The fraction of sp³-hybridized carbons (Fsp3) is 0.389. The largest absolute Gasteiger partial charge is 0.368 e. The molecule has 1 saturated heterocycles. The lowest BCUT2D eigenvalue weighted by Crippen LogP contribution is -2.43. The Morgan fingerprint density at radius 3 is 3.00 bits per heavy atom. The van der Waals surface area contributed by atoms with E-state index in [2.05, 4.69) is 9.97 Å². The number of aromatic nitrogens is 2. The summed E-state index contributed by atoms with van der Waals surface area (Å²) in [5, 5.41) is 0. The Morgan fingerprint density at radius 1 is 1.40 bits per heavy atom. The Morgan fingerprint density at radius 2 is 2.24 bits per heavy atom. The molecule has 0 bridgehead atoms. The van der Waals surface area contributed by atoms with Gasteiger partial charge in [0.05, 0.1) is 25.3 Å². The topological polar surface area (TPSA) is 58.6 Å². The molecule has 0 N–H and O–H groups in total. The molecule has 2 aromatic rings. The molecule has 1 atom stereocenters. The number of nitrogens with zero attached hydrogens (tertiary/aromatic N) is 4. The van der Waals surface area contributed by atoms with Crippen molar-refractivity contribution in [3.8, 4) is 0 Å². The maximum absolute atomic E-state index is 13.3. The van der Waals surface area contributed by atoms with E-state index >= 15 is 0 Å². The maximum Gasteiger partial charge on any atom is 0.227 e. The Labute approximate surface area is 146 Å². The van der Waals surface area contributed by atoms with E-state index in [1.54, 1.807) is 29.3 Å². The molecule has 1 aliphatic heterocycles. The fourth-order valence-electron chi connectivity index (χ4n) is 2.74. The Kier molecular flexibility index (Phi) is 5.23. The first-order valence-electron chi connectivity index (χ1n) is 8.17. The molecule has 1 unspecified atom stereocenters. The first-order chi connectivity index (χ1) is 12.0. The molecular weight excluding hydrogens is 323 g/mol. The zero-order valence-corrected chi connectivity index (χ0v) is 14.4. The van der Waals surface area contributed by atoms with Crippen LogP contribution in [0, 0.1) is 5.82 Å². The molecular formula is C18H21FN4O2. The van der Waals surface area contributed by atoms with Gasteiger partial charge in [-0.1, -0.05) is 12.1 Å². The van der Waals surface area contributed by atoms with Crippen LogP contribution < -0.4 is 4.90 Å². The predicted octanol–water partition coefficient (Wildman–Crippen LogP) is 1.82. The molecule has 3 rings (SSSR count). The van der Waals surface area contributed by atoms with Gasteiger partial charge in [-0.25, -0.2) is 14.4 Å². The minimum absolute atomic E-state index is 0.0409. The van der Waals surface area contributed by atoms with Crippen LogP contribution in [-0.4, -0.2) is 54.6 Å². The summed E-state index contributed by atoms with van der Waals surface area (Å²) < 4.78 is 19.1. The lowest BCUT2D eigenvalue weighted by Gasteiger charge is -2.33. The lowest BCUT2D eigenvalue weighted by molar-refractivity contribution is -0.138. The molecule has 132 valence electrons. The summed E-state index contributed by atoms with van der Waals surface area (Å²) in [6, 6.07) is 7.94. The van der Waals surface area contributed by atoms with E-state index in [-0.39, 0.29) is 24.2 Å². The van der Waals surface area contributed by atoms with E-state index < -0.39 is 0 Å². The third kappa shape index (κ3) is 4.30. The van der Waals surface area contributed by atoms with Gasteiger partial charge >= 0.3 is 0 Å². The molecule has 25 heavy (non-hydrogen) atoms. The van der Waals surface area contributed by atoms with Crippen molar-refractivity contribution in [3.63, 3.8) is 0 Å². The summed E-state index contributed by atoms with van der Waals surface area (Å²) in [6.07, 6.45) is 1.58. The summed E-state index contributed by atoms with van der Waals surface area (Å²) in [7, 11) is 3.74. The highest BCUT2D eigenvalue weighted by molar-refractivity contribution is 5.78. The first-order valence-corrected chi connectivity index (χ1v) is 8.17. The van der Waals surface area contributed by atoms with Crippen LogP contribution in [-0.2, 0) is 16.0 Å². The highest BCUT2D eigenvalue weighted by Crippen LogP contribution is 2.22. The number of anilines is 1. The number of hydrogen-bond acceptors (Lipinski definition) is 5. The van der Waals surface area contributed by atoms with Crippen LogP contribution in [0.2, 0.25) is 0 Å². The minimum atomic E-state index is -0.331. The second kappa shape index (κ2) is 7.57. The van der Waals surface area contributed by atoms with Crippen molar-refractivity contribution >= 4 is 11.9 Å². The van der Waals surface area contributed by atoms with E-state index in [1.165, 1.54) is 12.1 Å². The van der Waals surface area contributed by atoms with Crippen LogP contribution in [0.5, 0.6) is 0 Å². The Bertz CT molecular complexity index is 753. The van der Waals surface area contributed by atoms with Crippen molar-refractivity contribution in [3.05, 3.63) is 53.6 Å². The monoisotopic (exact) mass is 344 g/mol. The van der Waals surface area contributed by atoms with Crippen molar-refractivity contribution in [1.29, 1.82) is 0 Å². The number of ether oxygens (including phenoxy) is 1. The number of hydrogen-bond donors (Lipinski definition) is 0. The maximum atomic E-state index is 13.3. The zero-order valence-electron chi connectivity index (χ0n) is 14.4. The molecule has 2 heterocycles. The van der Waals surface area contributed by atoms with Crippen LogP contribution in [0.4, 0.5) is 10.3 Å². The molecule has 1 amide bonds. The van der Waals surface area contributed by atoms with Crippen LogP contribution in [0.3, 0.4) is 0 Å². The van der Waals surface area contributed by atoms with Crippen molar-refractivity contribution in [2.24, 2.45) is 0 Å². The summed E-state index contributed by atoms with van der Waals surface area (Å²) in [5.74, 6) is 0.229. The van der Waals surface area contributed by atoms with Crippen LogP contribution in [0.25, 0.3) is 0 Å². The van der Waals surface area contributed by atoms with Gasteiger partial charge in [0.15, 0.2) is 0 Å². The van der Waals surface area contributed by atoms with Gasteiger partial charge in [-0.3, -0.25) is 4.79 Å². The summed E-state index contributed by atoms with van der Waals surface area (Å²) >= 11 is 0. The number of benzene rings is 1. The molecule has 6 nitrogen and oxygen atoms in total. The predicted molar refractivity (Wildman–Crippen MR) is 91.7 cm³/mol. The summed E-state index contributed by atoms with van der Waals surface area (Å²) in [6.45, 7) is 1.40. The van der Waals surface area contributed by atoms with Crippen LogP contribution >= 0.6 is 0 Å². The molecule has 1 aromatic heterocycles. The SMILES string of the molecule is CN(C)c1nccc(C2CN(C(=O)Cc3cccc(F)c3)CCO2)n1. The van der Waals surface area contributed by atoms with Gasteiger partial charge in [0.2, 0.25) is 11.9 Å². The molecule has 0 radical (unpaired) electrons. The molecule has 1 aromatic carbocycles. The third-order valence-corrected chi connectivity index (χ3v) is 4.06. The van der Waals surface area contributed by atoms with Crippen LogP contribution in [0.1, 0.15) is 17.4 Å². The number of amides is 1. The highest BCUT2D eigenvalue weighted by atomic mass is 19.1. The van der Waals surface area contributed by atoms with E-state index in [9.17, 15) is 9.18 Å². The minimum Gasteiger partial charge on any atom is -0.368 e. The van der Waals surface area contributed by atoms with Gasteiger partial charge < -0.3 is 14.5 Å². The van der Waals surface area contributed by atoms with Crippen molar-refractivity contribution in [1.82, 2.24) is 14.9 Å². The van der Waals surface area contributed by atoms with E-state index in [4.69, 9.17) is 4.74 Å². The molecule has 0 spiro atoms. The Balaban J connectivity index is 1.68. The molecule has 1 fully saturated rings. The van der Waals surface area contributed by atoms with Gasteiger partial charge in [-0.05, 0) is 23.8 Å². The molecule has 7 heteroatoms. The average molecular weight is 344 g/mol. The quantitative estimate of drug-likeness (QED) is 0.847. The van der Waals surface area contributed by atoms with Gasteiger partial charge in [0, 0.05) is 26.8 Å². The molecule has 1 aliphatic rings. The standard InChI is InChI=1S/C18H21FN4O2/c1-22(2)18-20-7-6-15(21-18)16-12-23(8-9-25-16)17(24)11-13-4-3-5-14(19)10-13/h3-7,10,16H,8-9,11-12H2,1-2H3. The zero-order chi connectivity index (χ0) is 17.8. The second-order valence-corrected chi connectivity index (χ2v) is 6.18. The number of rotatable bonds is 4. The normalized spacial score (nSPS) is 17.4. The van der Waals surface area contributed by atoms with Crippen LogP contribution in [0.15, 0.2) is 36.5 Å². The van der Waals surface area contributed by atoms with E-state index in [0.717, 1.165) is 5.69 Å². The van der Waals surface area contributed by atoms with Gasteiger partial charge in [-0.15, -0.1) is 0 Å². The van der Waals surface area contributed by atoms with Gasteiger partial charge in [-0.2, -0.15) is 0 Å². The second-order valence-electron chi connectivity index (χ2n) is 6.18. The number of morpholine rings is 1. The Hall–Kier alpha value is -2.54. The highest BCUT2D eigenvalue weighted by Gasteiger charge is 2.26. The summed E-state index contributed by atoms with van der Waals surface area (Å²) in [4.78, 5) is 24.8. The summed E-state index contributed by atoms with van der Waals surface area (Å²) in [5.41, 5.74) is 1.42. The van der Waals surface area contributed by atoms with Crippen molar-refractivity contribution in [2.45, 2.75) is 12.5 Å². The average Bonchev–Trinajstić information content (AvgIpc) is 2.62. The fourth-order valence-corrected chi connectivity index (χ4v) is 2.74. The number of carbonyl (C=O) groups excluding carboxylic acids is 1. The number of carbonyl (C=O) groups is 1. The number of halogens is 1. The van der Waals surface area contributed by atoms with Crippen molar-refractivity contribution in [2.75, 3.05) is 38.7 Å². The van der Waals surface area contributed by atoms with Gasteiger partial charge in [0.1, 0.15) is 11.9 Å². The van der Waals surface area contributed by atoms with E-state index in [1.807, 2.05) is 19.0 Å². The van der Waals surface area contributed by atoms with E-state index in [0.29, 0.717) is 31.2 Å². The first kappa shape index (κ1) is 17.3. The smallest absolute Gasteiger partial charge is 0.227 e. The molecule has 0 aliphatic carbocycles. The third-order valence-electron chi connectivity index (χ3n) is 4.06. The van der Waals surface area contributed by atoms with Gasteiger partial charge in [0.25, 0.3) is 0 Å². The lowest BCUT2D eigenvalue weighted by atomic mass is 10.1. The van der Waals surface area contributed by atoms with Crippen molar-refractivity contribution < 1.29 is 13.9 Å².